The Labute approximate surface area is 107 Å². The predicted octanol–water partition coefficient (Wildman–Crippen LogP) is 1.86. The second-order valence-electron chi connectivity index (χ2n) is 5.28. The molecular weight excluding hydrogens is 212 g/mol. The topological polar surface area (TPSA) is 35.5 Å². The third-order valence-corrected chi connectivity index (χ3v) is 3.75. The number of nitrogens with one attached hydrogen (secondary N) is 1. The van der Waals surface area contributed by atoms with Crippen LogP contribution in [0.3, 0.4) is 0 Å². The van der Waals surface area contributed by atoms with Gasteiger partial charge in [-0.15, -0.1) is 0 Å². The summed E-state index contributed by atoms with van der Waals surface area (Å²) in [5, 5.41) is 12.6. The molecule has 3 heteroatoms. The molecular formula is C14H30N2O. The Hall–Kier alpha value is -0.120. The van der Waals surface area contributed by atoms with Crippen LogP contribution in [0.5, 0.6) is 0 Å². The average molecular weight is 242 g/mol. The van der Waals surface area contributed by atoms with E-state index in [0.29, 0.717) is 12.5 Å². The molecule has 3 nitrogen and oxygen atoms in total. The molecule has 0 unspecified atom stereocenters. The van der Waals surface area contributed by atoms with Gasteiger partial charge in [-0.3, -0.25) is 0 Å². The van der Waals surface area contributed by atoms with Gasteiger partial charge in [0.2, 0.25) is 0 Å². The van der Waals surface area contributed by atoms with Gasteiger partial charge in [0.15, 0.2) is 0 Å². The molecule has 0 radical (unpaired) electrons. The maximum atomic E-state index is 9.20. The molecule has 2 N–H and O–H groups in total. The van der Waals surface area contributed by atoms with Gasteiger partial charge >= 0.3 is 0 Å². The fourth-order valence-electron chi connectivity index (χ4n) is 2.62. The fourth-order valence-corrected chi connectivity index (χ4v) is 2.62. The van der Waals surface area contributed by atoms with Crippen LogP contribution in [0.15, 0.2) is 0 Å². The van der Waals surface area contributed by atoms with Gasteiger partial charge in [-0.05, 0) is 31.7 Å². The zero-order valence-corrected chi connectivity index (χ0v) is 11.5. The third-order valence-electron chi connectivity index (χ3n) is 3.75. The summed E-state index contributed by atoms with van der Waals surface area (Å²) in [4.78, 5) is 2.56. The zero-order valence-electron chi connectivity index (χ0n) is 11.5. The van der Waals surface area contributed by atoms with Crippen LogP contribution in [-0.2, 0) is 0 Å². The van der Waals surface area contributed by atoms with E-state index in [1.807, 2.05) is 0 Å². The van der Waals surface area contributed by atoms with Gasteiger partial charge in [-0.1, -0.05) is 26.2 Å². The van der Waals surface area contributed by atoms with Crippen molar-refractivity contribution in [2.24, 2.45) is 5.92 Å². The van der Waals surface area contributed by atoms with Crippen molar-refractivity contribution in [2.75, 3.05) is 39.3 Å². The quantitative estimate of drug-likeness (QED) is 0.606. The summed E-state index contributed by atoms with van der Waals surface area (Å²) in [5.74, 6) is 0.555. The summed E-state index contributed by atoms with van der Waals surface area (Å²) < 4.78 is 0. The van der Waals surface area contributed by atoms with E-state index in [0.717, 1.165) is 13.1 Å². The largest absolute Gasteiger partial charge is 0.396 e. The molecule has 17 heavy (non-hydrogen) atoms. The fraction of sp³-hybridized carbons (Fsp3) is 1.00. The SMILES string of the molecule is CCC[C@H](CO)CCCCCN1CCNCC1. The number of hydrogen-bond donors (Lipinski definition) is 2. The molecule has 0 spiro atoms. The molecule has 1 aliphatic heterocycles. The Morgan fingerprint density at radius 2 is 1.88 bits per heavy atom. The van der Waals surface area contributed by atoms with Gasteiger partial charge < -0.3 is 15.3 Å². The predicted molar refractivity (Wildman–Crippen MR) is 73.3 cm³/mol. The van der Waals surface area contributed by atoms with Crippen molar-refractivity contribution < 1.29 is 5.11 Å². The maximum absolute atomic E-state index is 9.20. The van der Waals surface area contributed by atoms with Gasteiger partial charge in [0, 0.05) is 32.8 Å². The number of aliphatic hydroxyl groups excluding tert-OH is 1. The molecule has 1 aliphatic rings. The van der Waals surface area contributed by atoms with E-state index in [1.54, 1.807) is 0 Å². The maximum Gasteiger partial charge on any atom is 0.0459 e. The molecule has 102 valence electrons. The Morgan fingerprint density at radius 3 is 2.53 bits per heavy atom. The van der Waals surface area contributed by atoms with Crippen molar-refractivity contribution in [3.05, 3.63) is 0 Å². The normalized spacial score (nSPS) is 19.4. The minimum absolute atomic E-state index is 0.381. The van der Waals surface area contributed by atoms with Crippen molar-refractivity contribution in [3.63, 3.8) is 0 Å². The van der Waals surface area contributed by atoms with Gasteiger partial charge in [-0.2, -0.15) is 0 Å². The van der Waals surface area contributed by atoms with E-state index < -0.39 is 0 Å². The standard InChI is InChI=1S/C14H30N2O/c1-2-6-14(13-17)7-4-3-5-10-16-11-8-15-9-12-16/h14-15,17H,2-13H2,1H3/t14-/m0/s1. The van der Waals surface area contributed by atoms with Crippen molar-refractivity contribution >= 4 is 0 Å². The first-order valence-electron chi connectivity index (χ1n) is 7.40. The van der Waals surface area contributed by atoms with Gasteiger partial charge in [0.25, 0.3) is 0 Å². The van der Waals surface area contributed by atoms with E-state index >= 15 is 0 Å². The van der Waals surface area contributed by atoms with E-state index in [4.69, 9.17) is 0 Å². The Balaban J connectivity index is 1.92. The number of hydrogen-bond acceptors (Lipinski definition) is 3. The lowest BCUT2D eigenvalue weighted by Crippen LogP contribution is -2.43. The lowest BCUT2D eigenvalue weighted by Gasteiger charge is -2.27. The van der Waals surface area contributed by atoms with E-state index in [-0.39, 0.29) is 0 Å². The smallest absolute Gasteiger partial charge is 0.0459 e. The van der Waals surface area contributed by atoms with Crippen molar-refractivity contribution in [3.8, 4) is 0 Å². The number of unbranched alkanes of at least 4 members (excludes halogenated alkanes) is 2. The second-order valence-corrected chi connectivity index (χ2v) is 5.28. The summed E-state index contributed by atoms with van der Waals surface area (Å²) in [7, 11) is 0. The van der Waals surface area contributed by atoms with Crippen LogP contribution in [0.1, 0.15) is 45.4 Å². The van der Waals surface area contributed by atoms with Crippen LogP contribution in [0, 0.1) is 5.92 Å². The molecule has 0 aromatic rings. The molecule has 0 saturated carbocycles. The summed E-state index contributed by atoms with van der Waals surface area (Å²) in [6.07, 6.45) is 7.54. The number of piperazine rings is 1. The Morgan fingerprint density at radius 1 is 1.12 bits per heavy atom. The highest BCUT2D eigenvalue weighted by atomic mass is 16.3. The number of rotatable bonds is 9. The molecule has 0 aromatic heterocycles. The van der Waals surface area contributed by atoms with Crippen LogP contribution in [-0.4, -0.2) is 49.3 Å². The van der Waals surface area contributed by atoms with Crippen LogP contribution < -0.4 is 5.32 Å². The van der Waals surface area contributed by atoms with Crippen molar-refractivity contribution in [2.45, 2.75) is 45.4 Å². The molecule has 1 rings (SSSR count). The second kappa shape index (κ2) is 9.86. The van der Waals surface area contributed by atoms with Crippen molar-refractivity contribution in [1.29, 1.82) is 0 Å². The molecule has 1 atom stereocenters. The molecule has 0 amide bonds. The number of nitrogens with zero attached hydrogens (tertiary/aromatic N) is 1. The van der Waals surface area contributed by atoms with Gasteiger partial charge in [0.05, 0.1) is 0 Å². The molecule has 0 bridgehead atoms. The third kappa shape index (κ3) is 7.02. The highest BCUT2D eigenvalue weighted by molar-refractivity contribution is 4.67. The lowest BCUT2D eigenvalue weighted by atomic mass is 9.97. The zero-order chi connectivity index (χ0) is 12.3. The summed E-state index contributed by atoms with van der Waals surface area (Å²) in [6, 6.07) is 0. The monoisotopic (exact) mass is 242 g/mol. The first kappa shape index (κ1) is 14.9. The molecule has 1 saturated heterocycles. The first-order chi connectivity index (χ1) is 8.36. The molecule has 1 fully saturated rings. The highest BCUT2D eigenvalue weighted by Crippen LogP contribution is 2.15. The Bertz CT molecular complexity index is 163. The van der Waals surface area contributed by atoms with Crippen molar-refractivity contribution in [1.82, 2.24) is 10.2 Å². The minimum Gasteiger partial charge on any atom is -0.396 e. The van der Waals surface area contributed by atoms with E-state index in [1.165, 1.54) is 58.2 Å². The Kier molecular flexibility index (Phi) is 8.67. The summed E-state index contributed by atoms with van der Waals surface area (Å²) in [5.41, 5.74) is 0. The first-order valence-corrected chi connectivity index (χ1v) is 7.40. The van der Waals surface area contributed by atoms with E-state index in [9.17, 15) is 5.11 Å². The van der Waals surface area contributed by atoms with Crippen LogP contribution in [0.25, 0.3) is 0 Å². The number of aliphatic hydroxyl groups is 1. The highest BCUT2D eigenvalue weighted by Gasteiger charge is 2.09. The average Bonchev–Trinajstić information content (AvgIpc) is 2.38. The van der Waals surface area contributed by atoms with Gasteiger partial charge in [-0.25, -0.2) is 0 Å². The van der Waals surface area contributed by atoms with E-state index in [2.05, 4.69) is 17.1 Å². The molecule has 1 heterocycles. The lowest BCUT2D eigenvalue weighted by molar-refractivity contribution is 0.203. The minimum atomic E-state index is 0.381. The summed E-state index contributed by atoms with van der Waals surface area (Å²) >= 11 is 0. The van der Waals surface area contributed by atoms with Crippen LogP contribution >= 0.6 is 0 Å². The molecule has 0 aliphatic carbocycles. The van der Waals surface area contributed by atoms with Crippen LogP contribution in [0.2, 0.25) is 0 Å². The molecule has 0 aromatic carbocycles. The summed E-state index contributed by atoms with van der Waals surface area (Å²) in [6.45, 7) is 8.59. The van der Waals surface area contributed by atoms with Crippen LogP contribution in [0.4, 0.5) is 0 Å². The van der Waals surface area contributed by atoms with Gasteiger partial charge in [0.1, 0.15) is 0 Å².